The Hall–Kier alpha value is -1.52. The van der Waals surface area contributed by atoms with E-state index in [2.05, 4.69) is 10.5 Å². The van der Waals surface area contributed by atoms with Gasteiger partial charge in [0.2, 0.25) is 5.88 Å². The van der Waals surface area contributed by atoms with Gasteiger partial charge in [0.25, 0.3) is 0 Å². The van der Waals surface area contributed by atoms with Crippen LogP contribution in [-0.4, -0.2) is 29.2 Å². The lowest BCUT2D eigenvalue weighted by molar-refractivity contribution is 0.185. The molecule has 1 aromatic rings. The summed E-state index contributed by atoms with van der Waals surface area (Å²) < 4.78 is 4.96. The minimum atomic E-state index is -0.118. The lowest BCUT2D eigenvalue weighted by Crippen LogP contribution is -2.40. The first-order valence-corrected chi connectivity index (χ1v) is 6.14. The predicted molar refractivity (Wildman–Crippen MR) is 64.9 cm³/mol. The maximum absolute atomic E-state index is 11.9. The number of nitrogens with one attached hydrogen (secondary N) is 1. The van der Waals surface area contributed by atoms with E-state index in [1.54, 1.807) is 11.0 Å². The molecule has 1 fully saturated rings. The summed E-state index contributed by atoms with van der Waals surface area (Å²) in [5, 5.41) is 6.45. The predicted octanol–water partition coefficient (Wildman–Crippen LogP) is 2.78. The quantitative estimate of drug-likeness (QED) is 0.860. The van der Waals surface area contributed by atoms with E-state index in [1.165, 1.54) is 19.3 Å². The Bertz CT molecular complexity index is 383. The number of aromatic nitrogens is 1. The Morgan fingerprint density at radius 3 is 2.76 bits per heavy atom. The SMILES string of the molecule is Cc1cc(NC(=O)N(C)C2CCCCC2)on1. The number of urea groups is 1. The average Bonchev–Trinajstić information content (AvgIpc) is 2.75. The van der Waals surface area contributed by atoms with Crippen LogP contribution in [-0.2, 0) is 0 Å². The fourth-order valence-corrected chi connectivity index (χ4v) is 2.25. The van der Waals surface area contributed by atoms with Crippen LogP contribution >= 0.6 is 0 Å². The van der Waals surface area contributed by atoms with Gasteiger partial charge < -0.3 is 9.42 Å². The number of hydrogen-bond donors (Lipinski definition) is 1. The number of carbonyl (C=O) groups excluding carboxylic acids is 1. The first kappa shape index (κ1) is 12.0. The minimum absolute atomic E-state index is 0.118. The smallest absolute Gasteiger partial charge is 0.324 e. The van der Waals surface area contributed by atoms with Crippen molar-refractivity contribution in [3.05, 3.63) is 11.8 Å². The Labute approximate surface area is 101 Å². The molecule has 0 atom stereocenters. The van der Waals surface area contributed by atoms with Gasteiger partial charge in [-0.25, -0.2) is 4.79 Å². The second kappa shape index (κ2) is 5.21. The Balaban J connectivity index is 1.90. The highest BCUT2D eigenvalue weighted by molar-refractivity contribution is 5.87. The summed E-state index contributed by atoms with van der Waals surface area (Å²) in [6, 6.07) is 1.95. The number of carbonyl (C=O) groups is 1. The van der Waals surface area contributed by atoms with Crippen molar-refractivity contribution in [1.29, 1.82) is 0 Å². The second-order valence-corrected chi connectivity index (χ2v) is 4.67. The standard InChI is InChI=1S/C12H19N3O2/c1-9-8-11(17-14-9)13-12(16)15(2)10-6-4-3-5-7-10/h8,10H,3-7H2,1-2H3,(H,13,16). The third-order valence-electron chi connectivity index (χ3n) is 3.30. The van der Waals surface area contributed by atoms with Crippen LogP contribution in [0.3, 0.4) is 0 Å². The van der Waals surface area contributed by atoms with E-state index < -0.39 is 0 Å². The summed E-state index contributed by atoms with van der Waals surface area (Å²) in [5.74, 6) is 0.412. The molecule has 1 aliphatic rings. The fourth-order valence-electron chi connectivity index (χ4n) is 2.25. The van der Waals surface area contributed by atoms with Gasteiger partial charge in [-0.05, 0) is 19.8 Å². The molecule has 1 aromatic heterocycles. The van der Waals surface area contributed by atoms with Crippen LogP contribution in [0.15, 0.2) is 10.6 Å². The van der Waals surface area contributed by atoms with Crippen LogP contribution in [0.4, 0.5) is 10.7 Å². The van der Waals surface area contributed by atoms with Gasteiger partial charge in [-0.2, -0.15) is 0 Å². The van der Waals surface area contributed by atoms with Gasteiger partial charge in [-0.3, -0.25) is 5.32 Å². The van der Waals surface area contributed by atoms with E-state index in [9.17, 15) is 4.79 Å². The number of hydrogen-bond acceptors (Lipinski definition) is 3. The molecule has 0 spiro atoms. The number of anilines is 1. The van der Waals surface area contributed by atoms with Crippen molar-refractivity contribution in [3.8, 4) is 0 Å². The van der Waals surface area contributed by atoms with E-state index >= 15 is 0 Å². The van der Waals surface area contributed by atoms with Gasteiger partial charge >= 0.3 is 6.03 Å². The molecule has 1 N–H and O–H groups in total. The molecule has 2 amide bonds. The van der Waals surface area contributed by atoms with E-state index in [1.807, 2.05) is 14.0 Å². The molecule has 2 rings (SSSR count). The van der Waals surface area contributed by atoms with E-state index in [4.69, 9.17) is 4.52 Å². The molecule has 0 radical (unpaired) electrons. The number of rotatable bonds is 2. The molecule has 1 aliphatic carbocycles. The van der Waals surface area contributed by atoms with E-state index in [-0.39, 0.29) is 6.03 Å². The minimum Gasteiger partial charge on any atom is -0.338 e. The Kier molecular flexibility index (Phi) is 3.66. The molecule has 5 nitrogen and oxygen atoms in total. The summed E-state index contributed by atoms with van der Waals surface area (Å²) >= 11 is 0. The first-order valence-electron chi connectivity index (χ1n) is 6.14. The number of nitrogens with zero attached hydrogens (tertiary/aromatic N) is 2. The molecule has 0 saturated heterocycles. The van der Waals surface area contributed by atoms with Gasteiger partial charge in [0.05, 0.1) is 5.69 Å². The number of aryl methyl sites for hydroxylation is 1. The van der Waals surface area contributed by atoms with Crippen LogP contribution < -0.4 is 5.32 Å². The maximum Gasteiger partial charge on any atom is 0.324 e. The van der Waals surface area contributed by atoms with Crippen LogP contribution in [0.2, 0.25) is 0 Å². The highest BCUT2D eigenvalue weighted by Gasteiger charge is 2.22. The van der Waals surface area contributed by atoms with Gasteiger partial charge in [-0.1, -0.05) is 24.4 Å². The normalized spacial score (nSPS) is 16.8. The molecule has 0 aliphatic heterocycles. The molecule has 94 valence electrons. The zero-order valence-electron chi connectivity index (χ0n) is 10.4. The molecule has 0 aromatic carbocycles. The Morgan fingerprint density at radius 1 is 1.47 bits per heavy atom. The zero-order chi connectivity index (χ0) is 12.3. The van der Waals surface area contributed by atoms with Gasteiger partial charge in [0, 0.05) is 19.2 Å². The summed E-state index contributed by atoms with van der Waals surface area (Å²) in [6.45, 7) is 1.82. The van der Waals surface area contributed by atoms with Crippen molar-refractivity contribution < 1.29 is 9.32 Å². The van der Waals surface area contributed by atoms with Crippen LogP contribution in [0.1, 0.15) is 37.8 Å². The largest absolute Gasteiger partial charge is 0.338 e. The first-order chi connectivity index (χ1) is 8.16. The average molecular weight is 237 g/mol. The molecular formula is C12H19N3O2. The monoisotopic (exact) mass is 237 g/mol. The molecule has 0 bridgehead atoms. The fraction of sp³-hybridized carbons (Fsp3) is 0.667. The molecule has 5 heteroatoms. The van der Waals surface area contributed by atoms with E-state index in [0.717, 1.165) is 18.5 Å². The van der Waals surface area contributed by atoms with Crippen molar-refractivity contribution >= 4 is 11.9 Å². The zero-order valence-corrected chi connectivity index (χ0v) is 10.4. The lowest BCUT2D eigenvalue weighted by atomic mass is 9.95. The third-order valence-corrected chi connectivity index (χ3v) is 3.30. The molecule has 1 heterocycles. The van der Waals surface area contributed by atoms with Crippen LogP contribution in [0.5, 0.6) is 0 Å². The van der Waals surface area contributed by atoms with Crippen molar-refractivity contribution in [2.24, 2.45) is 0 Å². The maximum atomic E-state index is 11.9. The summed E-state index contributed by atoms with van der Waals surface area (Å²) in [5.41, 5.74) is 0.764. The van der Waals surface area contributed by atoms with Crippen molar-refractivity contribution in [3.63, 3.8) is 0 Å². The van der Waals surface area contributed by atoms with Gasteiger partial charge in [-0.15, -0.1) is 0 Å². The second-order valence-electron chi connectivity index (χ2n) is 4.67. The summed E-state index contributed by atoms with van der Waals surface area (Å²) in [4.78, 5) is 13.7. The Morgan fingerprint density at radius 2 is 2.18 bits per heavy atom. The van der Waals surface area contributed by atoms with Crippen molar-refractivity contribution in [2.75, 3.05) is 12.4 Å². The number of amides is 2. The van der Waals surface area contributed by atoms with Crippen molar-refractivity contribution in [2.45, 2.75) is 45.1 Å². The topological polar surface area (TPSA) is 58.4 Å². The van der Waals surface area contributed by atoms with Crippen LogP contribution in [0.25, 0.3) is 0 Å². The third kappa shape index (κ3) is 2.99. The lowest BCUT2D eigenvalue weighted by Gasteiger charge is -2.30. The van der Waals surface area contributed by atoms with Crippen LogP contribution in [0, 0.1) is 6.92 Å². The highest BCUT2D eigenvalue weighted by atomic mass is 16.5. The van der Waals surface area contributed by atoms with Gasteiger partial charge in [0.1, 0.15) is 0 Å². The highest BCUT2D eigenvalue weighted by Crippen LogP contribution is 2.22. The molecule has 0 unspecified atom stereocenters. The van der Waals surface area contributed by atoms with E-state index in [0.29, 0.717) is 11.9 Å². The van der Waals surface area contributed by atoms with Gasteiger partial charge in [0.15, 0.2) is 0 Å². The molecule has 1 saturated carbocycles. The summed E-state index contributed by atoms with van der Waals surface area (Å²) in [7, 11) is 1.84. The summed E-state index contributed by atoms with van der Waals surface area (Å²) in [6.07, 6.45) is 5.90. The molecule has 17 heavy (non-hydrogen) atoms. The molecular weight excluding hydrogens is 218 g/mol. The van der Waals surface area contributed by atoms with Crippen molar-refractivity contribution in [1.82, 2.24) is 10.1 Å².